The summed E-state index contributed by atoms with van der Waals surface area (Å²) in [6.07, 6.45) is 8.17. The van der Waals surface area contributed by atoms with Crippen molar-refractivity contribution in [2.24, 2.45) is 0 Å². The van der Waals surface area contributed by atoms with E-state index in [4.69, 9.17) is 0 Å². The van der Waals surface area contributed by atoms with Crippen LogP contribution in [-0.4, -0.2) is 24.3 Å². The van der Waals surface area contributed by atoms with Gasteiger partial charge in [-0.05, 0) is 44.0 Å². The first-order chi connectivity index (χ1) is 10.3. The molecule has 0 radical (unpaired) electrons. The van der Waals surface area contributed by atoms with Gasteiger partial charge in [-0.3, -0.25) is 4.98 Å². The lowest BCUT2D eigenvalue weighted by Crippen LogP contribution is -2.05. The fourth-order valence-corrected chi connectivity index (χ4v) is 2.37. The Bertz CT molecular complexity index is 670. The molecule has 0 atom stereocenters. The van der Waals surface area contributed by atoms with Gasteiger partial charge in [0, 0.05) is 31.7 Å². The van der Waals surface area contributed by atoms with Crippen molar-refractivity contribution in [2.75, 3.05) is 0 Å². The molecule has 21 heavy (non-hydrogen) atoms. The van der Waals surface area contributed by atoms with Crippen molar-refractivity contribution >= 4 is 0 Å². The van der Waals surface area contributed by atoms with Gasteiger partial charge in [-0.2, -0.15) is 5.10 Å². The maximum Gasteiger partial charge on any atom is 0.177 e. The number of hydrogen-bond donors (Lipinski definition) is 0. The summed E-state index contributed by atoms with van der Waals surface area (Å²) in [7, 11) is 0. The lowest BCUT2D eigenvalue weighted by Gasteiger charge is -2.06. The van der Waals surface area contributed by atoms with Crippen LogP contribution in [0.3, 0.4) is 0 Å². The first-order valence-electron chi connectivity index (χ1n) is 7.26. The van der Waals surface area contributed by atoms with E-state index in [9.17, 15) is 0 Å². The van der Waals surface area contributed by atoms with Gasteiger partial charge in [-0.25, -0.2) is 9.67 Å². The van der Waals surface area contributed by atoms with E-state index in [1.807, 2.05) is 29.8 Å². The molecule has 108 valence electrons. The maximum absolute atomic E-state index is 4.49. The number of pyridine rings is 1. The van der Waals surface area contributed by atoms with Gasteiger partial charge >= 0.3 is 0 Å². The summed E-state index contributed by atoms with van der Waals surface area (Å²) in [5.41, 5.74) is 0.878. The molecule has 0 unspecified atom stereocenters. The van der Waals surface area contributed by atoms with Gasteiger partial charge in [-0.15, -0.1) is 0 Å². The average molecular weight is 281 g/mol. The first kappa shape index (κ1) is 13.5. The smallest absolute Gasteiger partial charge is 0.177 e. The molecule has 0 spiro atoms. The summed E-state index contributed by atoms with van der Waals surface area (Å²) in [4.78, 5) is 8.86. The monoisotopic (exact) mass is 281 g/mol. The minimum absolute atomic E-state index is 0.793. The van der Waals surface area contributed by atoms with E-state index in [1.54, 1.807) is 6.20 Å². The molecule has 5 nitrogen and oxygen atoms in total. The average Bonchev–Trinajstić information content (AvgIpc) is 3.14. The van der Waals surface area contributed by atoms with Crippen molar-refractivity contribution in [3.05, 3.63) is 54.7 Å². The number of hydrogen-bond acceptors (Lipinski definition) is 3. The Balaban J connectivity index is 1.63. The van der Waals surface area contributed by atoms with E-state index >= 15 is 0 Å². The molecule has 3 aromatic rings. The molecule has 5 heteroatoms. The molecule has 0 bridgehead atoms. The molecule has 3 aromatic heterocycles. The van der Waals surface area contributed by atoms with Crippen LogP contribution in [0.2, 0.25) is 0 Å². The van der Waals surface area contributed by atoms with Crippen LogP contribution in [0.1, 0.15) is 18.7 Å². The van der Waals surface area contributed by atoms with Crippen LogP contribution >= 0.6 is 0 Å². The van der Waals surface area contributed by atoms with Crippen molar-refractivity contribution in [3.63, 3.8) is 0 Å². The molecule has 0 saturated heterocycles. The van der Waals surface area contributed by atoms with Crippen molar-refractivity contribution in [3.8, 4) is 11.5 Å². The van der Waals surface area contributed by atoms with Crippen molar-refractivity contribution in [2.45, 2.75) is 32.9 Å². The predicted molar refractivity (Wildman–Crippen MR) is 81.7 cm³/mol. The normalized spacial score (nSPS) is 10.9. The number of unbranched alkanes of at least 4 members (excludes halogenated alkanes) is 1. The van der Waals surface area contributed by atoms with Crippen LogP contribution in [-0.2, 0) is 13.1 Å². The third-order valence-electron chi connectivity index (χ3n) is 3.37. The maximum atomic E-state index is 4.49. The summed E-state index contributed by atoms with van der Waals surface area (Å²) in [5.74, 6) is 1.65. The lowest BCUT2D eigenvalue weighted by molar-refractivity contribution is 0.524. The Morgan fingerprint density at radius 3 is 2.57 bits per heavy atom. The second-order valence-electron chi connectivity index (χ2n) is 5.05. The van der Waals surface area contributed by atoms with Crippen LogP contribution in [0.5, 0.6) is 0 Å². The molecule has 0 fully saturated rings. The van der Waals surface area contributed by atoms with Crippen LogP contribution in [0.25, 0.3) is 11.5 Å². The predicted octanol–water partition coefficient (Wildman–Crippen LogP) is 2.93. The Morgan fingerprint density at radius 2 is 1.81 bits per heavy atom. The van der Waals surface area contributed by atoms with Gasteiger partial charge in [0.2, 0.25) is 0 Å². The van der Waals surface area contributed by atoms with Crippen molar-refractivity contribution < 1.29 is 0 Å². The zero-order valence-electron chi connectivity index (χ0n) is 12.2. The second-order valence-corrected chi connectivity index (χ2v) is 5.05. The molecule has 0 aliphatic heterocycles. The fourth-order valence-electron chi connectivity index (χ4n) is 2.37. The van der Waals surface area contributed by atoms with Crippen molar-refractivity contribution in [1.82, 2.24) is 24.3 Å². The van der Waals surface area contributed by atoms with Gasteiger partial charge in [0.1, 0.15) is 11.5 Å². The van der Waals surface area contributed by atoms with Gasteiger partial charge < -0.3 is 4.57 Å². The van der Waals surface area contributed by atoms with Gasteiger partial charge in [0.25, 0.3) is 0 Å². The van der Waals surface area contributed by atoms with Gasteiger partial charge in [0.15, 0.2) is 5.82 Å². The summed E-state index contributed by atoms with van der Waals surface area (Å²) < 4.78 is 4.17. The van der Waals surface area contributed by atoms with Crippen LogP contribution in [0, 0.1) is 6.92 Å². The van der Waals surface area contributed by atoms with Gasteiger partial charge in [-0.1, -0.05) is 6.07 Å². The lowest BCUT2D eigenvalue weighted by atomic mass is 10.3. The Labute approximate surface area is 124 Å². The highest BCUT2D eigenvalue weighted by Gasteiger charge is 2.10. The Morgan fingerprint density at radius 1 is 1.00 bits per heavy atom. The molecule has 0 amide bonds. The second kappa shape index (κ2) is 6.35. The van der Waals surface area contributed by atoms with E-state index in [0.29, 0.717) is 0 Å². The van der Waals surface area contributed by atoms with E-state index < -0.39 is 0 Å². The SMILES string of the molecule is Cc1nc(-c2ccccn2)n(CCCCn2cccc2)n1. The summed E-state index contributed by atoms with van der Waals surface area (Å²) in [6.45, 7) is 3.83. The molecule has 0 aliphatic rings. The molecular weight excluding hydrogens is 262 g/mol. The van der Waals surface area contributed by atoms with Crippen LogP contribution in [0.15, 0.2) is 48.9 Å². The number of aryl methyl sites for hydroxylation is 3. The van der Waals surface area contributed by atoms with E-state index in [1.165, 1.54) is 0 Å². The quantitative estimate of drug-likeness (QED) is 0.653. The Hall–Kier alpha value is -2.43. The Kier molecular flexibility index (Phi) is 4.09. The number of aromatic nitrogens is 5. The zero-order chi connectivity index (χ0) is 14.5. The molecular formula is C16H19N5. The minimum atomic E-state index is 0.793. The molecule has 0 aliphatic carbocycles. The molecule has 0 saturated carbocycles. The zero-order valence-corrected chi connectivity index (χ0v) is 12.2. The topological polar surface area (TPSA) is 48.5 Å². The number of rotatable bonds is 6. The van der Waals surface area contributed by atoms with Gasteiger partial charge in [0.05, 0.1) is 0 Å². The third kappa shape index (κ3) is 3.37. The standard InChI is InChI=1S/C16H19N5/c1-14-18-16(15-8-2-3-9-17-15)21(19-14)13-7-6-12-20-10-4-5-11-20/h2-5,8-11H,6-7,12-13H2,1H3. The summed E-state index contributed by atoms with van der Waals surface area (Å²) in [5, 5.41) is 4.48. The highest BCUT2D eigenvalue weighted by molar-refractivity contribution is 5.48. The third-order valence-corrected chi connectivity index (χ3v) is 3.37. The van der Waals surface area contributed by atoms with E-state index in [2.05, 4.69) is 44.2 Å². The summed E-state index contributed by atoms with van der Waals surface area (Å²) in [6, 6.07) is 9.97. The highest BCUT2D eigenvalue weighted by atomic mass is 15.3. The first-order valence-corrected chi connectivity index (χ1v) is 7.26. The van der Waals surface area contributed by atoms with Crippen molar-refractivity contribution in [1.29, 1.82) is 0 Å². The number of nitrogens with zero attached hydrogens (tertiary/aromatic N) is 5. The molecule has 0 aromatic carbocycles. The van der Waals surface area contributed by atoms with Crippen LogP contribution in [0.4, 0.5) is 0 Å². The molecule has 3 heterocycles. The minimum Gasteiger partial charge on any atom is -0.354 e. The van der Waals surface area contributed by atoms with Crippen LogP contribution < -0.4 is 0 Å². The van der Waals surface area contributed by atoms with E-state index in [0.717, 1.165) is 43.3 Å². The summed E-state index contributed by atoms with van der Waals surface area (Å²) >= 11 is 0. The molecule has 3 rings (SSSR count). The fraction of sp³-hybridized carbons (Fsp3) is 0.312. The largest absolute Gasteiger partial charge is 0.354 e. The van der Waals surface area contributed by atoms with E-state index in [-0.39, 0.29) is 0 Å². The highest BCUT2D eigenvalue weighted by Crippen LogP contribution is 2.14. The molecule has 0 N–H and O–H groups in total.